The maximum atomic E-state index is 12.4. The summed E-state index contributed by atoms with van der Waals surface area (Å²) >= 11 is 0. The summed E-state index contributed by atoms with van der Waals surface area (Å²) in [7, 11) is 0. The topological polar surface area (TPSA) is 71.1 Å². The minimum Gasteiger partial charge on any atom is -0.378 e. The minimum atomic E-state index is -0.0669. The lowest BCUT2D eigenvalue weighted by Crippen LogP contribution is -2.38. The van der Waals surface area contributed by atoms with E-state index in [2.05, 4.69) is 15.0 Å². The van der Waals surface area contributed by atoms with E-state index in [1.54, 1.807) is 0 Å². The standard InChI is InChI=1S/C14H16N4O2/c19-13-11-10-3-1-2-9(10)8-15-12(11)16-14(17-13)18-4-6-20-7-5-18/h8H,1-7H2,(H,15,16,17,19). The molecule has 0 spiro atoms. The van der Waals surface area contributed by atoms with Crippen molar-refractivity contribution in [3.63, 3.8) is 0 Å². The molecule has 1 aliphatic carbocycles. The molecule has 4 rings (SSSR count). The van der Waals surface area contributed by atoms with Crippen LogP contribution in [-0.2, 0) is 17.6 Å². The fourth-order valence-electron chi connectivity index (χ4n) is 3.07. The molecule has 0 aromatic carbocycles. The smallest absolute Gasteiger partial charge is 0.262 e. The lowest BCUT2D eigenvalue weighted by molar-refractivity contribution is 0.122. The van der Waals surface area contributed by atoms with Crippen molar-refractivity contribution in [2.75, 3.05) is 31.2 Å². The van der Waals surface area contributed by atoms with Crippen molar-refractivity contribution in [3.05, 3.63) is 27.7 Å². The van der Waals surface area contributed by atoms with Gasteiger partial charge in [0.2, 0.25) is 5.95 Å². The normalized spacial score (nSPS) is 18.5. The maximum absolute atomic E-state index is 12.4. The van der Waals surface area contributed by atoms with Crippen molar-refractivity contribution >= 4 is 17.0 Å². The Balaban J connectivity index is 1.87. The number of nitrogens with one attached hydrogen (secondary N) is 1. The van der Waals surface area contributed by atoms with Gasteiger partial charge in [0, 0.05) is 19.3 Å². The van der Waals surface area contributed by atoms with Crippen LogP contribution in [-0.4, -0.2) is 41.3 Å². The first-order valence-electron chi connectivity index (χ1n) is 7.06. The molecular weight excluding hydrogens is 256 g/mol. The van der Waals surface area contributed by atoms with Crippen LogP contribution in [0.3, 0.4) is 0 Å². The first kappa shape index (κ1) is 11.8. The largest absolute Gasteiger partial charge is 0.378 e. The van der Waals surface area contributed by atoms with Crippen molar-refractivity contribution in [1.29, 1.82) is 0 Å². The summed E-state index contributed by atoms with van der Waals surface area (Å²) in [4.78, 5) is 26.3. The zero-order chi connectivity index (χ0) is 13.5. The summed E-state index contributed by atoms with van der Waals surface area (Å²) in [5, 5.41) is 0.678. The van der Waals surface area contributed by atoms with Gasteiger partial charge in [0.1, 0.15) is 0 Å². The number of aromatic nitrogens is 3. The van der Waals surface area contributed by atoms with Crippen LogP contribution in [0.15, 0.2) is 11.0 Å². The Kier molecular flexibility index (Phi) is 2.70. The molecule has 6 nitrogen and oxygen atoms in total. The number of anilines is 1. The molecule has 1 aliphatic heterocycles. The number of hydrogen-bond donors (Lipinski definition) is 1. The number of aryl methyl sites for hydroxylation is 2. The summed E-state index contributed by atoms with van der Waals surface area (Å²) in [6.07, 6.45) is 4.94. The van der Waals surface area contributed by atoms with Crippen LogP contribution in [0.2, 0.25) is 0 Å². The first-order chi connectivity index (χ1) is 9.83. The molecule has 1 fully saturated rings. The van der Waals surface area contributed by atoms with Crippen molar-refractivity contribution < 1.29 is 4.74 Å². The Hall–Kier alpha value is -1.95. The van der Waals surface area contributed by atoms with E-state index in [1.807, 2.05) is 11.1 Å². The van der Waals surface area contributed by atoms with Crippen LogP contribution in [0.25, 0.3) is 11.0 Å². The quantitative estimate of drug-likeness (QED) is 0.825. The van der Waals surface area contributed by atoms with E-state index in [9.17, 15) is 4.79 Å². The predicted molar refractivity (Wildman–Crippen MR) is 75.2 cm³/mol. The molecule has 20 heavy (non-hydrogen) atoms. The van der Waals surface area contributed by atoms with Gasteiger partial charge in [-0.25, -0.2) is 4.98 Å². The molecule has 1 N–H and O–H groups in total. The Morgan fingerprint density at radius 3 is 2.95 bits per heavy atom. The molecule has 0 radical (unpaired) electrons. The molecule has 3 heterocycles. The summed E-state index contributed by atoms with van der Waals surface area (Å²) in [6, 6.07) is 0. The predicted octanol–water partition coefficient (Wildman–Crippen LogP) is 0.643. The van der Waals surface area contributed by atoms with Gasteiger partial charge in [0.15, 0.2) is 5.65 Å². The molecule has 2 aliphatic rings. The highest BCUT2D eigenvalue weighted by Gasteiger charge is 2.20. The van der Waals surface area contributed by atoms with Crippen LogP contribution in [0.1, 0.15) is 17.5 Å². The van der Waals surface area contributed by atoms with Gasteiger partial charge in [-0.1, -0.05) is 0 Å². The first-order valence-corrected chi connectivity index (χ1v) is 7.06. The van der Waals surface area contributed by atoms with E-state index < -0.39 is 0 Å². The van der Waals surface area contributed by atoms with Gasteiger partial charge in [-0.3, -0.25) is 9.78 Å². The fourth-order valence-corrected chi connectivity index (χ4v) is 3.07. The summed E-state index contributed by atoms with van der Waals surface area (Å²) in [5.74, 6) is 0.608. The molecule has 0 amide bonds. The van der Waals surface area contributed by atoms with Crippen LogP contribution in [0.4, 0.5) is 5.95 Å². The Labute approximate surface area is 115 Å². The van der Waals surface area contributed by atoms with Gasteiger partial charge in [-0.2, -0.15) is 4.98 Å². The summed E-state index contributed by atoms with van der Waals surface area (Å²) in [6.45, 7) is 2.83. The molecule has 0 bridgehead atoms. The number of fused-ring (bicyclic) bond motifs is 3. The number of pyridine rings is 1. The van der Waals surface area contributed by atoms with E-state index in [0.717, 1.165) is 37.9 Å². The van der Waals surface area contributed by atoms with Gasteiger partial charge in [0.05, 0.1) is 18.6 Å². The molecular formula is C14H16N4O2. The molecule has 2 aromatic heterocycles. The molecule has 2 aromatic rings. The monoisotopic (exact) mass is 272 g/mol. The molecule has 0 atom stereocenters. The molecule has 0 unspecified atom stereocenters. The average molecular weight is 272 g/mol. The highest BCUT2D eigenvalue weighted by atomic mass is 16.5. The van der Waals surface area contributed by atoms with Crippen molar-refractivity contribution in [2.24, 2.45) is 0 Å². The summed E-state index contributed by atoms with van der Waals surface area (Å²) in [5.41, 5.74) is 2.83. The van der Waals surface area contributed by atoms with E-state index in [0.29, 0.717) is 30.2 Å². The lowest BCUT2D eigenvalue weighted by atomic mass is 10.1. The number of aromatic amines is 1. The number of nitrogens with zero attached hydrogens (tertiary/aromatic N) is 3. The zero-order valence-electron chi connectivity index (χ0n) is 11.2. The van der Waals surface area contributed by atoms with Gasteiger partial charge in [0.25, 0.3) is 5.56 Å². The van der Waals surface area contributed by atoms with Crippen LogP contribution in [0.5, 0.6) is 0 Å². The Morgan fingerprint density at radius 1 is 1.25 bits per heavy atom. The molecule has 0 saturated carbocycles. The third kappa shape index (κ3) is 1.79. The number of rotatable bonds is 1. The van der Waals surface area contributed by atoms with Gasteiger partial charge >= 0.3 is 0 Å². The second-order valence-electron chi connectivity index (χ2n) is 5.30. The average Bonchev–Trinajstić information content (AvgIpc) is 2.96. The zero-order valence-corrected chi connectivity index (χ0v) is 11.2. The number of hydrogen-bond acceptors (Lipinski definition) is 5. The highest BCUT2D eigenvalue weighted by Crippen LogP contribution is 2.26. The second kappa shape index (κ2) is 4.56. The molecule has 1 saturated heterocycles. The van der Waals surface area contributed by atoms with Crippen molar-refractivity contribution in [2.45, 2.75) is 19.3 Å². The molecule has 6 heteroatoms. The van der Waals surface area contributed by atoms with Gasteiger partial charge in [-0.15, -0.1) is 0 Å². The number of H-pyrrole nitrogens is 1. The van der Waals surface area contributed by atoms with Gasteiger partial charge < -0.3 is 9.64 Å². The van der Waals surface area contributed by atoms with Crippen LogP contribution >= 0.6 is 0 Å². The second-order valence-corrected chi connectivity index (χ2v) is 5.30. The van der Waals surface area contributed by atoms with E-state index in [1.165, 1.54) is 5.56 Å². The van der Waals surface area contributed by atoms with Crippen molar-refractivity contribution in [1.82, 2.24) is 15.0 Å². The fraction of sp³-hybridized carbons (Fsp3) is 0.500. The number of morpholine rings is 1. The van der Waals surface area contributed by atoms with Crippen LogP contribution in [0, 0.1) is 0 Å². The minimum absolute atomic E-state index is 0.0669. The maximum Gasteiger partial charge on any atom is 0.262 e. The molecule has 104 valence electrons. The lowest BCUT2D eigenvalue weighted by Gasteiger charge is -2.27. The third-order valence-corrected chi connectivity index (χ3v) is 4.10. The van der Waals surface area contributed by atoms with Crippen LogP contribution < -0.4 is 10.5 Å². The third-order valence-electron chi connectivity index (χ3n) is 4.10. The van der Waals surface area contributed by atoms with E-state index in [4.69, 9.17) is 4.74 Å². The van der Waals surface area contributed by atoms with E-state index in [-0.39, 0.29) is 5.56 Å². The highest BCUT2D eigenvalue weighted by molar-refractivity contribution is 5.80. The van der Waals surface area contributed by atoms with E-state index >= 15 is 0 Å². The SMILES string of the molecule is O=c1[nH]c(N2CCOCC2)nc2ncc3c(c12)CCC3. The van der Waals surface area contributed by atoms with Gasteiger partial charge in [-0.05, 0) is 30.4 Å². The van der Waals surface area contributed by atoms with Crippen molar-refractivity contribution in [3.8, 4) is 0 Å². The summed E-state index contributed by atoms with van der Waals surface area (Å²) < 4.78 is 5.32. The Morgan fingerprint density at radius 2 is 2.10 bits per heavy atom. The Bertz CT molecular complexity index is 719. The number of ether oxygens (including phenoxy) is 1.